The van der Waals surface area contributed by atoms with Crippen LogP contribution in [0.1, 0.15) is 239 Å². The van der Waals surface area contributed by atoms with Crippen LogP contribution in [0.25, 0.3) is 0 Å². The van der Waals surface area contributed by atoms with Crippen LogP contribution >= 0.6 is 0 Å². The zero-order chi connectivity index (χ0) is 45.8. The lowest BCUT2D eigenvalue weighted by Crippen LogP contribution is -2.30. The fourth-order valence-electron chi connectivity index (χ4n) is 7.04. The van der Waals surface area contributed by atoms with Gasteiger partial charge in [0.15, 0.2) is 6.10 Å². The van der Waals surface area contributed by atoms with Gasteiger partial charge in [0.2, 0.25) is 0 Å². The van der Waals surface area contributed by atoms with E-state index in [9.17, 15) is 14.4 Å². The molecule has 63 heavy (non-hydrogen) atoms. The molecule has 0 aliphatic carbocycles. The second-order valence-corrected chi connectivity index (χ2v) is 17.0. The van der Waals surface area contributed by atoms with Crippen molar-refractivity contribution in [3.05, 3.63) is 85.1 Å². The molecule has 0 aromatic rings. The molecule has 0 aromatic carbocycles. The molecule has 0 heterocycles. The zero-order valence-electron chi connectivity index (χ0n) is 41.1. The molecular formula is C57H96O6. The summed E-state index contributed by atoms with van der Waals surface area (Å²) in [6.07, 6.45) is 65.7. The molecule has 0 aromatic heterocycles. The number of allylic oxidation sites excluding steroid dienone is 14. The average Bonchev–Trinajstić information content (AvgIpc) is 3.28. The van der Waals surface area contributed by atoms with E-state index in [0.717, 1.165) is 116 Å². The molecule has 1 atom stereocenters. The summed E-state index contributed by atoms with van der Waals surface area (Å²) in [5.41, 5.74) is 0. The van der Waals surface area contributed by atoms with Crippen LogP contribution in [-0.4, -0.2) is 37.2 Å². The molecule has 0 radical (unpaired) electrons. The highest BCUT2D eigenvalue weighted by Gasteiger charge is 2.19. The quantitative estimate of drug-likeness (QED) is 0.0262. The van der Waals surface area contributed by atoms with Crippen molar-refractivity contribution in [1.82, 2.24) is 0 Å². The Labute approximate surface area is 388 Å². The third kappa shape index (κ3) is 49.5. The fraction of sp³-hybridized carbons (Fsp3) is 0.702. The van der Waals surface area contributed by atoms with Crippen molar-refractivity contribution in [3.8, 4) is 0 Å². The Balaban J connectivity index is 4.36. The normalized spacial score (nSPS) is 12.7. The molecule has 360 valence electrons. The maximum atomic E-state index is 12.8. The van der Waals surface area contributed by atoms with Crippen LogP contribution in [-0.2, 0) is 28.6 Å². The largest absolute Gasteiger partial charge is 0.462 e. The topological polar surface area (TPSA) is 78.9 Å². The second-order valence-electron chi connectivity index (χ2n) is 17.0. The van der Waals surface area contributed by atoms with E-state index < -0.39 is 6.10 Å². The van der Waals surface area contributed by atoms with Gasteiger partial charge in [0.1, 0.15) is 13.2 Å². The van der Waals surface area contributed by atoms with E-state index in [1.807, 2.05) is 0 Å². The van der Waals surface area contributed by atoms with Gasteiger partial charge in [-0.05, 0) is 89.9 Å². The number of ether oxygens (including phenoxy) is 3. The highest BCUT2D eigenvalue weighted by atomic mass is 16.6. The summed E-state index contributed by atoms with van der Waals surface area (Å²) in [6, 6.07) is 0. The van der Waals surface area contributed by atoms with Gasteiger partial charge in [0, 0.05) is 19.3 Å². The van der Waals surface area contributed by atoms with Crippen molar-refractivity contribution in [3.63, 3.8) is 0 Å². The number of hydrogen-bond acceptors (Lipinski definition) is 6. The van der Waals surface area contributed by atoms with Gasteiger partial charge >= 0.3 is 17.9 Å². The Hall–Kier alpha value is -3.41. The first-order valence-corrected chi connectivity index (χ1v) is 26.1. The highest BCUT2D eigenvalue weighted by molar-refractivity contribution is 5.71. The molecule has 0 aliphatic rings. The van der Waals surface area contributed by atoms with E-state index in [1.165, 1.54) is 83.5 Å². The summed E-state index contributed by atoms with van der Waals surface area (Å²) < 4.78 is 16.8. The van der Waals surface area contributed by atoms with Gasteiger partial charge in [0.05, 0.1) is 0 Å². The Morgan fingerprint density at radius 3 is 0.968 bits per heavy atom. The first-order chi connectivity index (χ1) is 31.0. The van der Waals surface area contributed by atoms with Gasteiger partial charge in [-0.15, -0.1) is 0 Å². The maximum Gasteiger partial charge on any atom is 0.306 e. The number of carbonyl (C=O) groups is 3. The van der Waals surface area contributed by atoms with Crippen molar-refractivity contribution >= 4 is 17.9 Å². The van der Waals surface area contributed by atoms with Crippen molar-refractivity contribution in [1.29, 1.82) is 0 Å². The summed E-state index contributed by atoms with van der Waals surface area (Å²) in [5, 5.41) is 0. The molecule has 6 heteroatoms. The van der Waals surface area contributed by atoms with E-state index in [1.54, 1.807) is 0 Å². The molecule has 0 saturated carbocycles. The van der Waals surface area contributed by atoms with E-state index >= 15 is 0 Å². The number of esters is 3. The van der Waals surface area contributed by atoms with E-state index in [2.05, 4.69) is 106 Å². The lowest BCUT2D eigenvalue weighted by molar-refractivity contribution is -0.167. The van der Waals surface area contributed by atoms with Gasteiger partial charge in [-0.3, -0.25) is 14.4 Å². The van der Waals surface area contributed by atoms with Gasteiger partial charge in [-0.2, -0.15) is 0 Å². The van der Waals surface area contributed by atoms with Crippen LogP contribution in [0.5, 0.6) is 0 Å². The molecular weight excluding hydrogens is 781 g/mol. The van der Waals surface area contributed by atoms with Crippen LogP contribution in [0, 0.1) is 0 Å². The summed E-state index contributed by atoms with van der Waals surface area (Å²) >= 11 is 0. The Kier molecular flexibility index (Phi) is 48.5. The molecule has 0 rings (SSSR count). The van der Waals surface area contributed by atoms with Crippen LogP contribution < -0.4 is 0 Å². The summed E-state index contributed by atoms with van der Waals surface area (Å²) in [6.45, 7) is 6.37. The smallest absolute Gasteiger partial charge is 0.306 e. The fourth-order valence-corrected chi connectivity index (χ4v) is 7.04. The average molecular weight is 877 g/mol. The Morgan fingerprint density at radius 2 is 0.619 bits per heavy atom. The summed E-state index contributed by atoms with van der Waals surface area (Å²) in [5.74, 6) is -0.911. The van der Waals surface area contributed by atoms with Crippen LogP contribution in [0.2, 0.25) is 0 Å². The molecule has 0 spiro atoms. The molecule has 0 aliphatic heterocycles. The number of carbonyl (C=O) groups excluding carboxylic acids is 3. The predicted molar refractivity (Wildman–Crippen MR) is 270 cm³/mol. The van der Waals surface area contributed by atoms with Crippen LogP contribution in [0.15, 0.2) is 85.1 Å². The molecule has 0 fully saturated rings. The first-order valence-electron chi connectivity index (χ1n) is 26.1. The SMILES string of the molecule is CC/C=C\C/C=C\C/C=C\C/C=C\CCCCCCCCC(=O)OCC(COC(=O)CCCCCCCCCCC)OC(=O)CCCCCCCCC/C=C\C/C=C\C/C=C\CC. The molecule has 0 N–H and O–H groups in total. The Morgan fingerprint density at radius 1 is 0.333 bits per heavy atom. The second kappa shape index (κ2) is 51.2. The maximum absolute atomic E-state index is 12.8. The number of unbranched alkanes of at least 4 members (excludes halogenated alkanes) is 21. The summed E-state index contributed by atoms with van der Waals surface area (Å²) in [7, 11) is 0. The van der Waals surface area contributed by atoms with Gasteiger partial charge in [-0.1, -0.05) is 215 Å². The van der Waals surface area contributed by atoms with Crippen molar-refractivity contribution in [2.45, 2.75) is 245 Å². The van der Waals surface area contributed by atoms with Gasteiger partial charge in [-0.25, -0.2) is 0 Å². The van der Waals surface area contributed by atoms with Crippen molar-refractivity contribution in [2.75, 3.05) is 13.2 Å². The molecule has 0 bridgehead atoms. The van der Waals surface area contributed by atoms with Crippen molar-refractivity contribution in [2.24, 2.45) is 0 Å². The lowest BCUT2D eigenvalue weighted by Gasteiger charge is -2.18. The molecule has 0 amide bonds. The van der Waals surface area contributed by atoms with Gasteiger partial charge < -0.3 is 14.2 Å². The summed E-state index contributed by atoms with van der Waals surface area (Å²) in [4.78, 5) is 37.9. The number of hydrogen-bond donors (Lipinski definition) is 0. The third-order valence-corrected chi connectivity index (χ3v) is 10.9. The lowest BCUT2D eigenvalue weighted by atomic mass is 10.1. The molecule has 6 nitrogen and oxygen atoms in total. The van der Waals surface area contributed by atoms with E-state index in [-0.39, 0.29) is 31.1 Å². The van der Waals surface area contributed by atoms with E-state index in [4.69, 9.17) is 14.2 Å². The minimum atomic E-state index is -0.785. The highest BCUT2D eigenvalue weighted by Crippen LogP contribution is 2.14. The number of rotatable bonds is 46. The van der Waals surface area contributed by atoms with Crippen molar-refractivity contribution < 1.29 is 28.6 Å². The standard InChI is InChI=1S/C57H96O6/c1-4-7-10-13-16-19-21-23-25-27-28-30-31-33-35-38-41-44-47-50-56(59)62-53-54(52-61-55(58)49-46-43-40-37-18-15-12-9-6-3)63-57(60)51-48-45-42-39-36-34-32-29-26-24-22-20-17-14-11-8-5-2/h7-8,10-11,16-17,19-20,23-26,28,30,54H,4-6,9,12-15,18,21-22,27,29,31-53H2,1-3H3/b10-7-,11-8-,19-16-,20-17-,25-23-,26-24-,30-28-. The minimum absolute atomic E-state index is 0.0846. The van der Waals surface area contributed by atoms with Gasteiger partial charge in [0.25, 0.3) is 0 Å². The first kappa shape index (κ1) is 59.6. The Bertz CT molecular complexity index is 1240. The molecule has 0 saturated heterocycles. The minimum Gasteiger partial charge on any atom is -0.462 e. The predicted octanol–water partition coefficient (Wildman–Crippen LogP) is 17.2. The zero-order valence-corrected chi connectivity index (χ0v) is 41.1. The monoisotopic (exact) mass is 877 g/mol. The van der Waals surface area contributed by atoms with Crippen LogP contribution in [0.3, 0.4) is 0 Å². The van der Waals surface area contributed by atoms with Crippen LogP contribution in [0.4, 0.5) is 0 Å². The molecule has 1 unspecified atom stereocenters. The third-order valence-electron chi connectivity index (χ3n) is 10.9. The van der Waals surface area contributed by atoms with E-state index in [0.29, 0.717) is 19.3 Å².